The van der Waals surface area contributed by atoms with Gasteiger partial charge in [0.05, 0.1) is 25.3 Å². The molecule has 1 saturated heterocycles. The Morgan fingerprint density at radius 2 is 1.62 bits per heavy atom. The summed E-state index contributed by atoms with van der Waals surface area (Å²) in [5.41, 5.74) is 5.97. The van der Waals surface area contributed by atoms with Crippen LogP contribution in [0.1, 0.15) is 33.7 Å². The topological polar surface area (TPSA) is 45.5 Å². The smallest absolute Gasteiger partial charge is 0.122 e. The third kappa shape index (κ3) is 4.35. The van der Waals surface area contributed by atoms with Crippen LogP contribution in [0.25, 0.3) is 0 Å². The van der Waals surface area contributed by atoms with Crippen LogP contribution in [0.2, 0.25) is 0 Å². The molecule has 0 spiro atoms. The van der Waals surface area contributed by atoms with E-state index in [-0.39, 0.29) is 0 Å². The molecule has 2 aliphatic heterocycles. The molecular weight excluding hydrogens is 396 g/mol. The largest absolute Gasteiger partial charge is 0.497 e. The van der Waals surface area contributed by atoms with E-state index in [0.717, 1.165) is 56.1 Å². The highest BCUT2D eigenvalue weighted by Crippen LogP contribution is 2.42. The number of aryl methyl sites for hydroxylation is 2. The van der Waals surface area contributed by atoms with Gasteiger partial charge in [0, 0.05) is 37.0 Å². The number of methoxy groups -OCH3 is 1. The van der Waals surface area contributed by atoms with Gasteiger partial charge in [0.2, 0.25) is 0 Å². The molecule has 0 aliphatic carbocycles. The molecule has 162 valence electrons. The number of ether oxygens (including phenoxy) is 2. The van der Waals surface area contributed by atoms with E-state index in [0.29, 0.717) is 11.8 Å². The molecule has 2 aliphatic rings. The second kappa shape index (κ2) is 9.06. The second-order valence-electron chi connectivity index (χ2n) is 8.90. The number of nitriles is 1. The van der Waals surface area contributed by atoms with Crippen molar-refractivity contribution in [3.63, 3.8) is 0 Å². The number of nitrogens with zero attached hydrogens (tertiary/aromatic N) is 2. The lowest BCUT2D eigenvalue weighted by Crippen LogP contribution is -2.25. The van der Waals surface area contributed by atoms with E-state index in [4.69, 9.17) is 9.47 Å². The first-order valence-corrected chi connectivity index (χ1v) is 11.3. The molecule has 5 rings (SSSR count). The summed E-state index contributed by atoms with van der Waals surface area (Å²) in [5.74, 6) is 2.81. The van der Waals surface area contributed by atoms with Crippen molar-refractivity contribution < 1.29 is 9.47 Å². The average Bonchev–Trinajstić information content (AvgIpc) is 3.26. The lowest BCUT2D eigenvalue weighted by atomic mass is 9.86. The summed E-state index contributed by atoms with van der Waals surface area (Å²) in [7, 11) is 1.70. The monoisotopic (exact) mass is 424 g/mol. The summed E-state index contributed by atoms with van der Waals surface area (Å²) in [6.07, 6.45) is 2.07. The molecule has 0 saturated carbocycles. The van der Waals surface area contributed by atoms with E-state index in [1.807, 2.05) is 30.3 Å². The molecule has 32 heavy (non-hydrogen) atoms. The van der Waals surface area contributed by atoms with Crippen molar-refractivity contribution >= 4 is 0 Å². The normalized spacial score (nSPS) is 19.5. The van der Waals surface area contributed by atoms with Gasteiger partial charge in [-0.15, -0.1) is 0 Å². The number of hydrogen-bond donors (Lipinski definition) is 0. The van der Waals surface area contributed by atoms with Crippen LogP contribution >= 0.6 is 0 Å². The Hall–Kier alpha value is -3.29. The van der Waals surface area contributed by atoms with Crippen LogP contribution in [0.5, 0.6) is 11.5 Å². The molecule has 0 radical (unpaired) electrons. The Balaban J connectivity index is 1.18. The molecule has 4 heteroatoms. The van der Waals surface area contributed by atoms with Gasteiger partial charge in [-0.2, -0.15) is 5.26 Å². The lowest BCUT2D eigenvalue weighted by Gasteiger charge is -2.27. The second-order valence-corrected chi connectivity index (χ2v) is 8.90. The fraction of sp³-hybridized carbons (Fsp3) is 0.321. The average molecular weight is 425 g/mol. The van der Waals surface area contributed by atoms with Crippen molar-refractivity contribution in [2.75, 3.05) is 26.8 Å². The maximum absolute atomic E-state index is 9.27. The highest BCUT2D eigenvalue weighted by atomic mass is 16.5. The van der Waals surface area contributed by atoms with Gasteiger partial charge < -0.3 is 9.47 Å². The molecule has 0 bridgehead atoms. The van der Waals surface area contributed by atoms with Crippen LogP contribution in [0.3, 0.4) is 0 Å². The maximum atomic E-state index is 9.27. The predicted molar refractivity (Wildman–Crippen MR) is 125 cm³/mol. The van der Waals surface area contributed by atoms with E-state index in [2.05, 4.69) is 47.4 Å². The Kier molecular flexibility index (Phi) is 5.83. The molecule has 0 amide bonds. The predicted octanol–water partition coefficient (Wildman–Crippen LogP) is 4.96. The van der Waals surface area contributed by atoms with Crippen molar-refractivity contribution in [3.05, 3.63) is 94.5 Å². The van der Waals surface area contributed by atoms with E-state index in [1.54, 1.807) is 7.11 Å². The Morgan fingerprint density at radius 3 is 2.31 bits per heavy atom. The molecule has 0 unspecified atom stereocenters. The fourth-order valence-corrected chi connectivity index (χ4v) is 5.00. The molecule has 0 aromatic heterocycles. The molecule has 0 N–H and O–H groups in total. The molecule has 2 heterocycles. The fourth-order valence-electron chi connectivity index (χ4n) is 5.00. The minimum Gasteiger partial charge on any atom is -0.497 e. The number of fused-ring (bicyclic) bond motifs is 3. The Morgan fingerprint density at radius 1 is 0.938 bits per heavy atom. The van der Waals surface area contributed by atoms with Crippen LogP contribution in [0.15, 0.2) is 66.7 Å². The number of rotatable bonds is 6. The van der Waals surface area contributed by atoms with Crippen molar-refractivity contribution in [2.24, 2.45) is 5.92 Å². The summed E-state index contributed by atoms with van der Waals surface area (Å²) in [4.78, 5) is 2.53. The maximum Gasteiger partial charge on any atom is 0.122 e. The van der Waals surface area contributed by atoms with Crippen LogP contribution < -0.4 is 9.47 Å². The molecule has 3 aromatic carbocycles. The first-order valence-electron chi connectivity index (χ1n) is 11.3. The molecule has 3 aromatic rings. The SMILES string of the molecule is COc1ccc(CCc2ccc(CN3C[C@H]4COc5ccc(C#N)cc5[C@@H]4C3)cc2)cc1. The number of likely N-dealkylation sites (tertiary alicyclic amines) is 1. The molecule has 2 atom stereocenters. The van der Waals surface area contributed by atoms with Crippen LogP contribution in [0, 0.1) is 17.2 Å². The van der Waals surface area contributed by atoms with Crippen molar-refractivity contribution in [2.45, 2.75) is 25.3 Å². The van der Waals surface area contributed by atoms with Crippen LogP contribution in [-0.2, 0) is 19.4 Å². The minimum absolute atomic E-state index is 0.454. The van der Waals surface area contributed by atoms with E-state index in [1.165, 1.54) is 22.3 Å². The number of hydrogen-bond acceptors (Lipinski definition) is 4. The third-order valence-corrected chi connectivity index (χ3v) is 6.80. The molecule has 4 nitrogen and oxygen atoms in total. The summed E-state index contributed by atoms with van der Waals surface area (Å²) in [6, 6.07) is 25.5. The zero-order valence-electron chi connectivity index (χ0n) is 18.5. The van der Waals surface area contributed by atoms with Gasteiger partial charge in [0.1, 0.15) is 11.5 Å². The van der Waals surface area contributed by atoms with Gasteiger partial charge in [-0.1, -0.05) is 36.4 Å². The van der Waals surface area contributed by atoms with Gasteiger partial charge >= 0.3 is 0 Å². The quantitative estimate of drug-likeness (QED) is 0.561. The highest BCUT2D eigenvalue weighted by molar-refractivity contribution is 5.46. The van der Waals surface area contributed by atoms with E-state index >= 15 is 0 Å². The third-order valence-electron chi connectivity index (χ3n) is 6.80. The minimum atomic E-state index is 0.454. The van der Waals surface area contributed by atoms with Gasteiger partial charge in [0.15, 0.2) is 0 Å². The van der Waals surface area contributed by atoms with E-state index in [9.17, 15) is 5.26 Å². The lowest BCUT2D eigenvalue weighted by molar-refractivity contribution is 0.212. The highest BCUT2D eigenvalue weighted by Gasteiger charge is 2.38. The van der Waals surface area contributed by atoms with Crippen molar-refractivity contribution in [1.29, 1.82) is 5.26 Å². The standard InChI is InChI=1S/C28H28N2O2/c1-31-25-11-8-21(9-12-25)3-2-20-4-6-22(7-5-20)16-30-17-24-19-32-28-13-10-23(15-29)14-26(28)27(24)18-30/h4-14,24,27H,2-3,16-19H2,1H3/t24-,27+/m0/s1. The van der Waals surface area contributed by atoms with E-state index < -0.39 is 0 Å². The Labute approximate surface area is 190 Å². The Bertz CT molecular complexity index is 1120. The van der Waals surface area contributed by atoms with Crippen LogP contribution in [0.4, 0.5) is 0 Å². The summed E-state index contributed by atoms with van der Waals surface area (Å²) < 4.78 is 11.2. The van der Waals surface area contributed by atoms with Gasteiger partial charge in [-0.25, -0.2) is 0 Å². The van der Waals surface area contributed by atoms with Crippen molar-refractivity contribution in [1.82, 2.24) is 4.90 Å². The number of benzene rings is 3. The zero-order valence-corrected chi connectivity index (χ0v) is 18.5. The van der Waals surface area contributed by atoms with Crippen molar-refractivity contribution in [3.8, 4) is 17.6 Å². The zero-order chi connectivity index (χ0) is 21.9. The molecule has 1 fully saturated rings. The van der Waals surface area contributed by atoms with Gasteiger partial charge in [-0.3, -0.25) is 4.90 Å². The van der Waals surface area contributed by atoms with Gasteiger partial charge in [0.25, 0.3) is 0 Å². The summed E-state index contributed by atoms with van der Waals surface area (Å²) >= 11 is 0. The molecular formula is C28H28N2O2. The first kappa shape index (κ1) is 20.6. The van der Waals surface area contributed by atoms with Crippen LogP contribution in [-0.4, -0.2) is 31.7 Å². The summed E-state index contributed by atoms with van der Waals surface area (Å²) in [6.45, 7) is 3.79. The first-order chi connectivity index (χ1) is 15.7. The summed E-state index contributed by atoms with van der Waals surface area (Å²) in [5, 5.41) is 9.27. The van der Waals surface area contributed by atoms with Gasteiger partial charge in [-0.05, 0) is 59.9 Å².